The number of hydrogen-bond donors (Lipinski definition) is 1. The van der Waals surface area contributed by atoms with Gasteiger partial charge in [0, 0.05) is 17.5 Å². The molecule has 158 valence electrons. The number of nitrogens with zero attached hydrogens (tertiary/aromatic N) is 1. The first kappa shape index (κ1) is 22.9. The summed E-state index contributed by atoms with van der Waals surface area (Å²) in [5.41, 5.74) is 0.466. The third kappa shape index (κ3) is 6.58. The van der Waals surface area contributed by atoms with Crippen molar-refractivity contribution in [3.8, 4) is 5.75 Å². The molecule has 1 N–H and O–H groups in total. The van der Waals surface area contributed by atoms with E-state index >= 15 is 0 Å². The molecule has 28 heavy (non-hydrogen) atoms. The van der Waals surface area contributed by atoms with Crippen LogP contribution in [0.25, 0.3) is 0 Å². The van der Waals surface area contributed by atoms with Crippen LogP contribution in [0.4, 0.5) is 5.69 Å². The summed E-state index contributed by atoms with van der Waals surface area (Å²) in [4.78, 5) is 12.8. The standard InChI is InChI=1S/C20H32N2O4S2/c1-4-19(20(23)21-14-15-27-18-8-6-7-9-18)22(28(3,24)25)16-10-12-17(13-11-16)26-5-2/h10-13,18-19H,4-9,14-15H2,1-3H3,(H,21,23)/t19-/m1/s1. The molecule has 0 aromatic heterocycles. The number of hydrogen-bond acceptors (Lipinski definition) is 5. The van der Waals surface area contributed by atoms with Crippen molar-refractivity contribution in [2.45, 2.75) is 57.2 Å². The molecule has 6 nitrogen and oxygen atoms in total. The number of nitrogens with one attached hydrogen (secondary N) is 1. The molecule has 1 aromatic carbocycles. The zero-order valence-electron chi connectivity index (χ0n) is 17.0. The van der Waals surface area contributed by atoms with Crippen molar-refractivity contribution in [2.24, 2.45) is 0 Å². The predicted octanol–water partition coefficient (Wildman–Crippen LogP) is 3.42. The van der Waals surface area contributed by atoms with Crippen LogP contribution in [0.5, 0.6) is 5.75 Å². The molecule has 1 saturated carbocycles. The third-order valence-electron chi connectivity index (χ3n) is 4.79. The van der Waals surface area contributed by atoms with Gasteiger partial charge in [0.15, 0.2) is 0 Å². The molecule has 0 bridgehead atoms. The maximum absolute atomic E-state index is 12.8. The highest BCUT2D eigenvalue weighted by Gasteiger charge is 2.31. The number of thioether (sulfide) groups is 1. The van der Waals surface area contributed by atoms with E-state index in [1.165, 1.54) is 30.0 Å². The molecular formula is C20H32N2O4S2. The van der Waals surface area contributed by atoms with Crippen LogP contribution >= 0.6 is 11.8 Å². The lowest BCUT2D eigenvalue weighted by Gasteiger charge is -2.30. The molecule has 1 amide bonds. The number of sulfonamides is 1. The average molecular weight is 429 g/mol. The molecule has 0 heterocycles. The lowest BCUT2D eigenvalue weighted by atomic mass is 10.2. The Kier molecular flexibility index (Phi) is 8.95. The topological polar surface area (TPSA) is 75.7 Å². The normalized spacial score (nSPS) is 16.0. The van der Waals surface area contributed by atoms with Crippen LogP contribution in [0, 0.1) is 0 Å². The first-order valence-corrected chi connectivity index (χ1v) is 12.9. The summed E-state index contributed by atoms with van der Waals surface area (Å²) < 4.78 is 31.6. The minimum absolute atomic E-state index is 0.256. The van der Waals surface area contributed by atoms with E-state index in [1.54, 1.807) is 24.3 Å². The highest BCUT2D eigenvalue weighted by atomic mass is 32.2. The van der Waals surface area contributed by atoms with Gasteiger partial charge in [0.2, 0.25) is 15.9 Å². The number of rotatable bonds is 11. The summed E-state index contributed by atoms with van der Waals surface area (Å²) in [5.74, 6) is 1.27. The Morgan fingerprint density at radius 2 is 1.89 bits per heavy atom. The number of amides is 1. The van der Waals surface area contributed by atoms with Crippen molar-refractivity contribution >= 4 is 33.4 Å². The van der Waals surface area contributed by atoms with Crippen LogP contribution in [0.3, 0.4) is 0 Å². The fraction of sp³-hybridized carbons (Fsp3) is 0.650. The van der Waals surface area contributed by atoms with E-state index in [4.69, 9.17) is 4.74 Å². The van der Waals surface area contributed by atoms with Crippen molar-refractivity contribution in [3.05, 3.63) is 24.3 Å². The molecule has 1 atom stereocenters. The van der Waals surface area contributed by atoms with Gasteiger partial charge < -0.3 is 10.1 Å². The maximum Gasteiger partial charge on any atom is 0.243 e. The van der Waals surface area contributed by atoms with Gasteiger partial charge in [0.1, 0.15) is 11.8 Å². The van der Waals surface area contributed by atoms with Crippen LogP contribution in [0.15, 0.2) is 24.3 Å². The molecule has 0 unspecified atom stereocenters. The molecule has 0 aliphatic heterocycles. The van der Waals surface area contributed by atoms with Gasteiger partial charge >= 0.3 is 0 Å². The molecule has 1 aromatic rings. The van der Waals surface area contributed by atoms with Gasteiger partial charge in [-0.25, -0.2) is 8.42 Å². The van der Waals surface area contributed by atoms with Crippen molar-refractivity contribution in [1.29, 1.82) is 0 Å². The van der Waals surface area contributed by atoms with Crippen molar-refractivity contribution < 1.29 is 17.9 Å². The Labute approximate surface area is 173 Å². The van der Waals surface area contributed by atoms with Gasteiger partial charge in [-0.2, -0.15) is 11.8 Å². The summed E-state index contributed by atoms with van der Waals surface area (Å²) in [6, 6.07) is 6.03. The average Bonchev–Trinajstić information content (AvgIpc) is 3.16. The highest BCUT2D eigenvalue weighted by Crippen LogP contribution is 2.29. The second-order valence-corrected chi connectivity index (χ2v) is 10.2. The smallest absolute Gasteiger partial charge is 0.243 e. The van der Waals surface area contributed by atoms with E-state index < -0.39 is 16.1 Å². The second kappa shape index (κ2) is 11.0. The number of carbonyl (C=O) groups excluding carboxylic acids is 1. The van der Waals surface area contributed by atoms with Gasteiger partial charge in [0.25, 0.3) is 0 Å². The molecular weight excluding hydrogens is 396 g/mol. The molecule has 1 aliphatic rings. The van der Waals surface area contributed by atoms with Crippen molar-refractivity contribution in [1.82, 2.24) is 5.32 Å². The number of anilines is 1. The van der Waals surface area contributed by atoms with Gasteiger partial charge in [-0.1, -0.05) is 19.8 Å². The first-order chi connectivity index (χ1) is 13.4. The van der Waals surface area contributed by atoms with Gasteiger partial charge in [0.05, 0.1) is 18.6 Å². The van der Waals surface area contributed by atoms with Crippen molar-refractivity contribution in [2.75, 3.05) is 29.5 Å². The fourth-order valence-corrected chi connectivity index (χ4v) is 5.92. The summed E-state index contributed by atoms with van der Waals surface area (Å²) in [5, 5.41) is 3.63. The molecule has 0 saturated heterocycles. The van der Waals surface area contributed by atoms with E-state index in [-0.39, 0.29) is 5.91 Å². The summed E-state index contributed by atoms with van der Waals surface area (Å²) >= 11 is 1.90. The molecule has 1 fully saturated rings. The highest BCUT2D eigenvalue weighted by molar-refractivity contribution is 7.99. The van der Waals surface area contributed by atoms with E-state index in [2.05, 4.69) is 5.32 Å². The Morgan fingerprint density at radius 3 is 2.43 bits per heavy atom. The number of carbonyl (C=O) groups is 1. The monoisotopic (exact) mass is 428 g/mol. The predicted molar refractivity (Wildman–Crippen MR) is 117 cm³/mol. The third-order valence-corrected chi connectivity index (χ3v) is 7.35. The number of benzene rings is 1. The Bertz CT molecular complexity index is 716. The fourth-order valence-electron chi connectivity index (χ4n) is 3.49. The van der Waals surface area contributed by atoms with Gasteiger partial charge in [-0.3, -0.25) is 9.10 Å². The lowest BCUT2D eigenvalue weighted by molar-refractivity contribution is -0.122. The van der Waals surface area contributed by atoms with E-state index in [9.17, 15) is 13.2 Å². The van der Waals surface area contributed by atoms with E-state index in [0.29, 0.717) is 36.3 Å². The maximum atomic E-state index is 12.8. The molecule has 1 aliphatic carbocycles. The Hall–Kier alpha value is -1.41. The van der Waals surface area contributed by atoms with Gasteiger partial charge in [-0.15, -0.1) is 0 Å². The number of ether oxygens (including phenoxy) is 1. The van der Waals surface area contributed by atoms with Crippen LogP contribution in [0.1, 0.15) is 46.0 Å². The minimum atomic E-state index is -3.62. The van der Waals surface area contributed by atoms with Crippen LogP contribution < -0.4 is 14.4 Å². The summed E-state index contributed by atoms with van der Waals surface area (Å²) in [6.07, 6.45) is 6.64. The minimum Gasteiger partial charge on any atom is -0.494 e. The first-order valence-electron chi connectivity index (χ1n) is 9.98. The van der Waals surface area contributed by atoms with E-state index in [0.717, 1.165) is 12.0 Å². The quantitative estimate of drug-likeness (QED) is 0.547. The summed E-state index contributed by atoms with van der Waals surface area (Å²) in [7, 11) is -3.62. The van der Waals surface area contributed by atoms with Crippen LogP contribution in [-0.2, 0) is 14.8 Å². The Morgan fingerprint density at radius 1 is 1.25 bits per heavy atom. The van der Waals surface area contributed by atoms with Crippen LogP contribution in [0.2, 0.25) is 0 Å². The molecule has 0 spiro atoms. The molecule has 2 rings (SSSR count). The van der Waals surface area contributed by atoms with Crippen LogP contribution in [-0.4, -0.2) is 50.8 Å². The zero-order valence-corrected chi connectivity index (χ0v) is 18.7. The lowest BCUT2D eigenvalue weighted by Crippen LogP contribution is -2.49. The largest absolute Gasteiger partial charge is 0.494 e. The summed E-state index contributed by atoms with van der Waals surface area (Å²) in [6.45, 7) is 4.80. The zero-order chi connectivity index (χ0) is 20.6. The Balaban J connectivity index is 2.03. The van der Waals surface area contributed by atoms with Gasteiger partial charge in [-0.05, 0) is 50.5 Å². The SMILES string of the molecule is CCOc1ccc(N([C@H](CC)C(=O)NCCSC2CCCC2)S(C)(=O)=O)cc1. The van der Waals surface area contributed by atoms with Crippen molar-refractivity contribution in [3.63, 3.8) is 0 Å². The second-order valence-electron chi connectivity index (χ2n) is 6.98. The molecule has 0 radical (unpaired) electrons. The molecule has 8 heteroatoms. The van der Waals surface area contributed by atoms with E-state index in [1.807, 2.05) is 25.6 Å².